The highest BCUT2D eigenvalue weighted by Gasteiger charge is 2.10. The second-order valence-electron chi connectivity index (χ2n) is 5.42. The van der Waals surface area contributed by atoms with E-state index in [1.807, 2.05) is 6.07 Å². The maximum Gasteiger partial charge on any atom is 0.291 e. The monoisotopic (exact) mass is 388 g/mol. The van der Waals surface area contributed by atoms with Gasteiger partial charge >= 0.3 is 0 Å². The maximum atomic E-state index is 12.1. The number of phenols is 1. The summed E-state index contributed by atoms with van der Waals surface area (Å²) < 4.78 is 1.60. The van der Waals surface area contributed by atoms with Crippen LogP contribution in [0.3, 0.4) is 0 Å². The minimum Gasteiger partial charge on any atom is -0.508 e. The molecule has 0 atom stereocenters. The van der Waals surface area contributed by atoms with Gasteiger partial charge in [0.05, 0.1) is 12.8 Å². The summed E-state index contributed by atoms with van der Waals surface area (Å²) in [4.78, 5) is 12.1. The van der Waals surface area contributed by atoms with Gasteiger partial charge in [-0.3, -0.25) is 9.48 Å². The number of carbonyl (C=O) groups excluding carboxylic acids is 1. The molecule has 0 aliphatic heterocycles. The normalized spacial score (nSPS) is 11.0. The van der Waals surface area contributed by atoms with Crippen LogP contribution in [0.25, 0.3) is 0 Å². The van der Waals surface area contributed by atoms with Gasteiger partial charge in [-0.15, -0.1) is 0 Å². The zero-order valence-electron chi connectivity index (χ0n) is 13.4. The second kappa shape index (κ2) is 8.03. The minimum absolute atomic E-state index is 0.164. The molecule has 1 amide bonds. The van der Waals surface area contributed by atoms with E-state index in [2.05, 4.69) is 15.6 Å². The van der Waals surface area contributed by atoms with Crippen molar-refractivity contribution in [3.05, 3.63) is 81.6 Å². The molecule has 0 bridgehead atoms. The van der Waals surface area contributed by atoms with Gasteiger partial charge in [0.1, 0.15) is 5.75 Å². The first-order valence-corrected chi connectivity index (χ1v) is 8.37. The average molecular weight is 389 g/mol. The standard InChI is InChI=1S/C18H14Cl2N4O2/c19-14-4-3-13(16(20)9-14)11-24-8-7-17(23-24)18(26)22-21-10-12-1-5-15(25)6-2-12/h1-10,25H,11H2,(H,22,26)/b21-10+. The van der Waals surface area contributed by atoms with Gasteiger partial charge in [-0.25, -0.2) is 5.43 Å². The quantitative estimate of drug-likeness (QED) is 0.516. The van der Waals surface area contributed by atoms with E-state index in [9.17, 15) is 9.90 Å². The highest BCUT2D eigenvalue weighted by molar-refractivity contribution is 6.35. The smallest absolute Gasteiger partial charge is 0.291 e. The molecule has 3 aromatic rings. The number of halogens is 2. The van der Waals surface area contributed by atoms with Crippen molar-refractivity contribution in [3.63, 3.8) is 0 Å². The van der Waals surface area contributed by atoms with Crippen molar-refractivity contribution in [2.75, 3.05) is 0 Å². The van der Waals surface area contributed by atoms with Crippen LogP contribution in [0.1, 0.15) is 21.6 Å². The van der Waals surface area contributed by atoms with E-state index in [-0.39, 0.29) is 11.4 Å². The molecule has 3 rings (SSSR count). The third-order valence-electron chi connectivity index (χ3n) is 3.49. The van der Waals surface area contributed by atoms with E-state index in [4.69, 9.17) is 23.2 Å². The van der Waals surface area contributed by atoms with E-state index in [1.54, 1.807) is 41.2 Å². The molecule has 8 heteroatoms. The van der Waals surface area contributed by atoms with Crippen molar-refractivity contribution < 1.29 is 9.90 Å². The molecule has 1 aromatic heterocycles. The minimum atomic E-state index is -0.430. The van der Waals surface area contributed by atoms with Gasteiger partial charge in [0.25, 0.3) is 5.91 Å². The van der Waals surface area contributed by atoms with Crippen LogP contribution in [0.4, 0.5) is 0 Å². The molecule has 0 unspecified atom stereocenters. The molecule has 0 spiro atoms. The maximum absolute atomic E-state index is 12.1. The predicted octanol–water partition coefficient (Wildman–Crippen LogP) is 3.71. The number of phenolic OH excluding ortho intramolecular Hbond substituents is 1. The fourth-order valence-corrected chi connectivity index (χ4v) is 2.65. The lowest BCUT2D eigenvalue weighted by atomic mass is 10.2. The summed E-state index contributed by atoms with van der Waals surface area (Å²) in [6.45, 7) is 0.417. The highest BCUT2D eigenvalue weighted by Crippen LogP contribution is 2.21. The Labute approximate surface area is 159 Å². The van der Waals surface area contributed by atoms with E-state index >= 15 is 0 Å². The number of nitrogens with zero attached hydrogens (tertiary/aromatic N) is 3. The van der Waals surface area contributed by atoms with Gasteiger partial charge in [-0.1, -0.05) is 29.3 Å². The second-order valence-corrected chi connectivity index (χ2v) is 6.27. The van der Waals surface area contributed by atoms with Crippen molar-refractivity contribution in [2.24, 2.45) is 5.10 Å². The summed E-state index contributed by atoms with van der Waals surface area (Å²) in [7, 11) is 0. The van der Waals surface area contributed by atoms with E-state index < -0.39 is 5.91 Å². The number of benzene rings is 2. The van der Waals surface area contributed by atoms with Gasteiger partial charge in [-0.05, 0) is 53.6 Å². The van der Waals surface area contributed by atoms with Crippen molar-refractivity contribution in [1.82, 2.24) is 15.2 Å². The van der Waals surface area contributed by atoms with Crippen LogP contribution in [0, 0.1) is 0 Å². The molecular weight excluding hydrogens is 375 g/mol. The first kappa shape index (κ1) is 18.0. The fourth-order valence-electron chi connectivity index (χ4n) is 2.18. The van der Waals surface area contributed by atoms with Gasteiger partial charge in [0.2, 0.25) is 0 Å². The summed E-state index contributed by atoms with van der Waals surface area (Å²) in [6.07, 6.45) is 3.16. The topological polar surface area (TPSA) is 79.5 Å². The van der Waals surface area contributed by atoms with Gasteiger partial charge in [0, 0.05) is 16.2 Å². The zero-order valence-corrected chi connectivity index (χ0v) is 14.9. The Kier molecular flexibility index (Phi) is 5.55. The first-order chi connectivity index (χ1) is 12.5. The van der Waals surface area contributed by atoms with Crippen LogP contribution in [-0.2, 0) is 6.54 Å². The Bertz CT molecular complexity index is 952. The Morgan fingerprint density at radius 3 is 2.69 bits per heavy atom. The highest BCUT2D eigenvalue weighted by atomic mass is 35.5. The number of aromatic hydroxyl groups is 1. The van der Waals surface area contributed by atoms with Crippen molar-refractivity contribution in [2.45, 2.75) is 6.54 Å². The molecule has 26 heavy (non-hydrogen) atoms. The van der Waals surface area contributed by atoms with Crippen molar-refractivity contribution >= 4 is 35.3 Å². The third-order valence-corrected chi connectivity index (χ3v) is 4.08. The number of hydrazone groups is 1. The SMILES string of the molecule is O=C(N/N=C/c1ccc(O)cc1)c1ccn(Cc2ccc(Cl)cc2Cl)n1. The summed E-state index contributed by atoms with van der Waals surface area (Å²) in [5.41, 5.74) is 4.23. The first-order valence-electron chi connectivity index (χ1n) is 7.61. The molecule has 2 aromatic carbocycles. The Morgan fingerprint density at radius 2 is 1.96 bits per heavy atom. The fraction of sp³-hybridized carbons (Fsp3) is 0.0556. The molecule has 0 aliphatic carbocycles. The molecule has 0 saturated carbocycles. The van der Waals surface area contributed by atoms with E-state index in [1.165, 1.54) is 18.3 Å². The number of hydrogen-bond acceptors (Lipinski definition) is 4. The van der Waals surface area contributed by atoms with Crippen LogP contribution >= 0.6 is 23.2 Å². The van der Waals surface area contributed by atoms with Crippen LogP contribution in [-0.4, -0.2) is 27.0 Å². The van der Waals surface area contributed by atoms with Crippen molar-refractivity contribution in [1.29, 1.82) is 0 Å². The third kappa shape index (κ3) is 4.62. The zero-order chi connectivity index (χ0) is 18.5. The average Bonchev–Trinajstić information content (AvgIpc) is 3.08. The molecule has 1 heterocycles. The predicted molar refractivity (Wildman–Crippen MR) is 101 cm³/mol. The molecule has 2 N–H and O–H groups in total. The molecule has 6 nitrogen and oxygen atoms in total. The molecule has 132 valence electrons. The number of aromatic nitrogens is 2. The lowest BCUT2D eigenvalue weighted by Gasteiger charge is -2.05. The number of rotatable bonds is 5. The summed E-state index contributed by atoms with van der Waals surface area (Å²) in [5, 5.41) is 18.4. The Hall–Kier alpha value is -2.83. The Balaban J connectivity index is 1.61. The van der Waals surface area contributed by atoms with Crippen molar-refractivity contribution in [3.8, 4) is 5.75 Å². The van der Waals surface area contributed by atoms with Crippen LogP contribution in [0.2, 0.25) is 10.0 Å². The van der Waals surface area contributed by atoms with Crippen LogP contribution in [0.5, 0.6) is 5.75 Å². The molecule has 0 radical (unpaired) electrons. The lowest BCUT2D eigenvalue weighted by Crippen LogP contribution is -2.18. The van der Waals surface area contributed by atoms with E-state index in [0.717, 1.165) is 11.1 Å². The Morgan fingerprint density at radius 1 is 1.19 bits per heavy atom. The van der Waals surface area contributed by atoms with E-state index in [0.29, 0.717) is 16.6 Å². The summed E-state index contributed by atoms with van der Waals surface area (Å²) >= 11 is 12.0. The number of carbonyl (C=O) groups is 1. The largest absolute Gasteiger partial charge is 0.508 e. The van der Waals surface area contributed by atoms with Gasteiger partial charge in [0.15, 0.2) is 5.69 Å². The molecule has 0 saturated heterocycles. The molecular formula is C18H14Cl2N4O2. The molecule has 0 fully saturated rings. The number of hydrogen-bond donors (Lipinski definition) is 2. The number of nitrogens with one attached hydrogen (secondary N) is 1. The summed E-state index contributed by atoms with van der Waals surface area (Å²) in [5.74, 6) is -0.265. The van der Waals surface area contributed by atoms with Crippen LogP contribution in [0.15, 0.2) is 59.8 Å². The molecule has 0 aliphatic rings. The lowest BCUT2D eigenvalue weighted by molar-refractivity contribution is 0.0949. The van der Waals surface area contributed by atoms with Gasteiger partial charge in [-0.2, -0.15) is 10.2 Å². The van der Waals surface area contributed by atoms with Crippen LogP contribution < -0.4 is 5.43 Å². The summed E-state index contributed by atoms with van der Waals surface area (Å²) in [6, 6.07) is 13.2. The van der Waals surface area contributed by atoms with Gasteiger partial charge < -0.3 is 5.11 Å². The number of amides is 1.